The van der Waals surface area contributed by atoms with Gasteiger partial charge in [-0.05, 0) is 12.1 Å². The van der Waals surface area contributed by atoms with Gasteiger partial charge in [0.05, 0.1) is 6.04 Å². The Balaban J connectivity index is 1.70. The fourth-order valence-corrected chi connectivity index (χ4v) is 3.28. The Hall–Kier alpha value is -1.27. The van der Waals surface area contributed by atoms with E-state index in [9.17, 15) is 4.79 Å². The van der Waals surface area contributed by atoms with E-state index < -0.39 is 0 Å². The minimum Gasteiger partial charge on any atom is -0.398 e. The summed E-state index contributed by atoms with van der Waals surface area (Å²) in [6.45, 7) is 4.16. The van der Waals surface area contributed by atoms with Crippen LogP contribution in [0, 0.1) is 0 Å². The van der Waals surface area contributed by atoms with E-state index in [1.165, 1.54) is 0 Å². The van der Waals surface area contributed by atoms with Gasteiger partial charge in [-0.15, -0.1) is 0 Å². The predicted molar refractivity (Wildman–Crippen MR) is 77.7 cm³/mol. The molecule has 0 bridgehead atoms. The lowest BCUT2D eigenvalue weighted by molar-refractivity contribution is 0.116. The van der Waals surface area contributed by atoms with Gasteiger partial charge in [0, 0.05) is 48.4 Å². The quantitative estimate of drug-likeness (QED) is 0.805. The molecule has 1 aromatic carbocycles. The van der Waals surface area contributed by atoms with Crippen LogP contribution < -0.4 is 11.1 Å². The van der Waals surface area contributed by atoms with E-state index in [0.29, 0.717) is 6.04 Å². The molecular formula is C13H17BrN4O. The topological polar surface area (TPSA) is 61.6 Å². The summed E-state index contributed by atoms with van der Waals surface area (Å²) in [6.07, 6.45) is 0. The van der Waals surface area contributed by atoms with E-state index in [4.69, 9.17) is 5.73 Å². The SMILES string of the molecule is Nc1cccc(Br)c1CN1CCN2C(=O)NCC2C1. The molecular weight excluding hydrogens is 308 g/mol. The number of carbonyl (C=O) groups excluding carboxylic acids is 1. The van der Waals surface area contributed by atoms with Crippen molar-refractivity contribution >= 4 is 27.6 Å². The maximum absolute atomic E-state index is 11.6. The van der Waals surface area contributed by atoms with Crippen LogP contribution in [-0.2, 0) is 6.54 Å². The molecule has 2 fully saturated rings. The van der Waals surface area contributed by atoms with Crippen LogP contribution in [0.2, 0.25) is 0 Å². The number of rotatable bonds is 2. The average molecular weight is 325 g/mol. The molecule has 0 spiro atoms. The molecule has 5 nitrogen and oxygen atoms in total. The van der Waals surface area contributed by atoms with Crippen molar-refractivity contribution in [3.05, 3.63) is 28.2 Å². The third kappa shape index (κ3) is 2.42. The Bertz CT molecular complexity index is 487. The van der Waals surface area contributed by atoms with Gasteiger partial charge in [-0.2, -0.15) is 0 Å². The second kappa shape index (κ2) is 5.02. The molecule has 2 heterocycles. The first-order valence-electron chi connectivity index (χ1n) is 6.45. The second-order valence-electron chi connectivity index (χ2n) is 5.08. The number of fused-ring (bicyclic) bond motifs is 1. The molecule has 1 aromatic rings. The van der Waals surface area contributed by atoms with Crippen LogP contribution in [-0.4, -0.2) is 48.1 Å². The number of urea groups is 1. The third-order valence-electron chi connectivity index (χ3n) is 3.85. The highest BCUT2D eigenvalue weighted by atomic mass is 79.9. The number of hydrogen-bond acceptors (Lipinski definition) is 3. The summed E-state index contributed by atoms with van der Waals surface area (Å²) in [5.74, 6) is 0. The number of halogens is 1. The minimum absolute atomic E-state index is 0.0741. The summed E-state index contributed by atoms with van der Waals surface area (Å²) in [7, 11) is 0. The monoisotopic (exact) mass is 324 g/mol. The van der Waals surface area contributed by atoms with E-state index in [1.807, 2.05) is 23.1 Å². The molecule has 6 heteroatoms. The van der Waals surface area contributed by atoms with Crippen LogP contribution in [0.5, 0.6) is 0 Å². The molecule has 2 amide bonds. The zero-order chi connectivity index (χ0) is 13.4. The lowest BCUT2D eigenvalue weighted by Crippen LogP contribution is -2.51. The first kappa shape index (κ1) is 12.7. The zero-order valence-electron chi connectivity index (χ0n) is 10.6. The van der Waals surface area contributed by atoms with Gasteiger partial charge < -0.3 is 16.0 Å². The van der Waals surface area contributed by atoms with E-state index in [-0.39, 0.29) is 6.03 Å². The fourth-order valence-electron chi connectivity index (χ4n) is 2.78. The van der Waals surface area contributed by atoms with Gasteiger partial charge in [-0.25, -0.2) is 4.79 Å². The van der Waals surface area contributed by atoms with Gasteiger partial charge in [0.2, 0.25) is 0 Å². The number of anilines is 1. The number of piperazine rings is 1. The van der Waals surface area contributed by atoms with Gasteiger partial charge >= 0.3 is 6.03 Å². The number of hydrogen-bond donors (Lipinski definition) is 2. The van der Waals surface area contributed by atoms with Crippen molar-refractivity contribution in [1.82, 2.24) is 15.1 Å². The van der Waals surface area contributed by atoms with E-state index in [0.717, 1.165) is 48.4 Å². The summed E-state index contributed by atoms with van der Waals surface area (Å²) in [5, 5.41) is 2.90. The number of amides is 2. The molecule has 2 aliphatic heterocycles. The van der Waals surface area contributed by atoms with Crippen LogP contribution in [0.1, 0.15) is 5.56 Å². The van der Waals surface area contributed by atoms with Crippen molar-refractivity contribution < 1.29 is 4.79 Å². The minimum atomic E-state index is 0.0741. The number of benzene rings is 1. The molecule has 102 valence electrons. The van der Waals surface area contributed by atoms with Crippen molar-refractivity contribution in [2.45, 2.75) is 12.6 Å². The zero-order valence-corrected chi connectivity index (χ0v) is 12.2. The van der Waals surface area contributed by atoms with Gasteiger partial charge in [0.25, 0.3) is 0 Å². The lowest BCUT2D eigenvalue weighted by Gasteiger charge is -2.36. The molecule has 2 aliphatic rings. The van der Waals surface area contributed by atoms with Crippen molar-refractivity contribution in [2.24, 2.45) is 0 Å². The number of nitrogen functional groups attached to an aromatic ring is 1. The maximum atomic E-state index is 11.6. The van der Waals surface area contributed by atoms with E-state index in [2.05, 4.69) is 26.1 Å². The Morgan fingerprint density at radius 1 is 1.42 bits per heavy atom. The summed E-state index contributed by atoms with van der Waals surface area (Å²) >= 11 is 3.56. The van der Waals surface area contributed by atoms with Gasteiger partial charge in [-0.1, -0.05) is 22.0 Å². The summed E-state index contributed by atoms with van der Waals surface area (Å²) in [4.78, 5) is 15.8. The summed E-state index contributed by atoms with van der Waals surface area (Å²) in [6, 6.07) is 6.26. The van der Waals surface area contributed by atoms with Crippen LogP contribution in [0.15, 0.2) is 22.7 Å². The normalized spacial score (nSPS) is 23.3. The molecule has 0 aliphatic carbocycles. The van der Waals surface area contributed by atoms with Crippen molar-refractivity contribution in [3.8, 4) is 0 Å². The molecule has 3 N–H and O–H groups in total. The Labute approximate surface area is 120 Å². The highest BCUT2D eigenvalue weighted by Gasteiger charge is 2.35. The highest BCUT2D eigenvalue weighted by molar-refractivity contribution is 9.10. The van der Waals surface area contributed by atoms with Crippen molar-refractivity contribution in [1.29, 1.82) is 0 Å². The van der Waals surface area contributed by atoms with E-state index >= 15 is 0 Å². The smallest absolute Gasteiger partial charge is 0.317 e. The summed E-state index contributed by atoms with van der Waals surface area (Å²) < 4.78 is 1.05. The van der Waals surface area contributed by atoms with E-state index in [1.54, 1.807) is 0 Å². The van der Waals surface area contributed by atoms with Crippen molar-refractivity contribution in [3.63, 3.8) is 0 Å². The molecule has 0 radical (unpaired) electrons. The lowest BCUT2D eigenvalue weighted by atomic mass is 10.1. The van der Waals surface area contributed by atoms with Gasteiger partial charge in [-0.3, -0.25) is 4.90 Å². The molecule has 1 atom stereocenters. The molecule has 19 heavy (non-hydrogen) atoms. The number of nitrogens with two attached hydrogens (primary N) is 1. The second-order valence-corrected chi connectivity index (χ2v) is 5.93. The van der Waals surface area contributed by atoms with Crippen LogP contribution >= 0.6 is 15.9 Å². The van der Waals surface area contributed by atoms with Crippen LogP contribution in [0.3, 0.4) is 0 Å². The Morgan fingerprint density at radius 2 is 2.26 bits per heavy atom. The number of nitrogens with one attached hydrogen (secondary N) is 1. The maximum Gasteiger partial charge on any atom is 0.317 e. The third-order valence-corrected chi connectivity index (χ3v) is 4.60. The van der Waals surface area contributed by atoms with Gasteiger partial charge in [0.15, 0.2) is 0 Å². The largest absolute Gasteiger partial charge is 0.398 e. The Kier molecular flexibility index (Phi) is 3.36. The Morgan fingerprint density at radius 3 is 3.05 bits per heavy atom. The number of carbonyl (C=O) groups is 1. The first-order chi connectivity index (χ1) is 9.15. The molecule has 3 rings (SSSR count). The highest BCUT2D eigenvalue weighted by Crippen LogP contribution is 2.25. The predicted octanol–water partition coefficient (Wildman–Crippen LogP) is 1.24. The van der Waals surface area contributed by atoms with Crippen LogP contribution in [0.25, 0.3) is 0 Å². The summed E-state index contributed by atoms with van der Waals surface area (Å²) in [5.41, 5.74) is 7.98. The molecule has 0 aromatic heterocycles. The fraction of sp³-hybridized carbons (Fsp3) is 0.462. The molecule has 0 saturated carbocycles. The van der Waals surface area contributed by atoms with Crippen LogP contribution in [0.4, 0.5) is 10.5 Å². The molecule has 2 saturated heterocycles. The average Bonchev–Trinajstić information content (AvgIpc) is 2.76. The number of nitrogens with zero attached hydrogens (tertiary/aromatic N) is 2. The first-order valence-corrected chi connectivity index (χ1v) is 7.24. The molecule has 1 unspecified atom stereocenters. The van der Waals surface area contributed by atoms with Gasteiger partial charge in [0.1, 0.15) is 0 Å². The van der Waals surface area contributed by atoms with Crippen molar-refractivity contribution in [2.75, 3.05) is 31.9 Å². The standard InChI is InChI=1S/C13H17BrN4O/c14-11-2-1-3-12(15)10(11)8-17-4-5-18-9(7-17)6-16-13(18)19/h1-3,9H,4-8,15H2,(H,16,19).